The Morgan fingerprint density at radius 2 is 2.13 bits per heavy atom. The molecule has 0 saturated carbocycles. The standard InChI is InChI=1S/C17H15N5S/c18-13-4-1-3-12(9-13)15-11-21-22-16(6-7-19-17(15)22)20-10-14-5-2-8-23-14/h1-9,11,20H,10,18H2. The molecule has 5 nitrogen and oxygen atoms in total. The van der Waals surface area contributed by atoms with E-state index in [4.69, 9.17) is 5.73 Å². The molecule has 0 unspecified atom stereocenters. The highest BCUT2D eigenvalue weighted by Gasteiger charge is 2.10. The number of fused-ring (bicyclic) bond motifs is 1. The number of thiophene rings is 1. The van der Waals surface area contributed by atoms with Crippen molar-refractivity contribution in [3.05, 3.63) is 65.1 Å². The van der Waals surface area contributed by atoms with Gasteiger partial charge in [-0.25, -0.2) is 4.98 Å². The molecule has 0 spiro atoms. The second-order valence-electron chi connectivity index (χ2n) is 5.18. The Morgan fingerprint density at radius 1 is 1.17 bits per heavy atom. The van der Waals surface area contributed by atoms with Crippen LogP contribution in [-0.2, 0) is 6.54 Å². The van der Waals surface area contributed by atoms with E-state index in [1.54, 1.807) is 17.5 Å². The smallest absolute Gasteiger partial charge is 0.165 e. The number of rotatable bonds is 4. The zero-order valence-electron chi connectivity index (χ0n) is 12.3. The highest BCUT2D eigenvalue weighted by molar-refractivity contribution is 7.09. The number of nitrogens with one attached hydrogen (secondary N) is 1. The number of nitrogen functional groups attached to an aromatic ring is 1. The topological polar surface area (TPSA) is 68.2 Å². The number of anilines is 2. The third kappa shape index (κ3) is 2.64. The van der Waals surface area contributed by atoms with Gasteiger partial charge in [-0.1, -0.05) is 18.2 Å². The van der Waals surface area contributed by atoms with E-state index < -0.39 is 0 Å². The van der Waals surface area contributed by atoms with Crippen molar-refractivity contribution in [2.75, 3.05) is 11.1 Å². The van der Waals surface area contributed by atoms with Gasteiger partial charge < -0.3 is 11.1 Å². The number of hydrogen-bond acceptors (Lipinski definition) is 5. The van der Waals surface area contributed by atoms with E-state index >= 15 is 0 Å². The summed E-state index contributed by atoms with van der Waals surface area (Å²) in [6, 6.07) is 13.8. The summed E-state index contributed by atoms with van der Waals surface area (Å²) in [5.41, 5.74) is 9.41. The van der Waals surface area contributed by atoms with Gasteiger partial charge in [-0.05, 0) is 35.2 Å². The van der Waals surface area contributed by atoms with Crippen LogP contribution >= 0.6 is 11.3 Å². The molecule has 114 valence electrons. The van der Waals surface area contributed by atoms with Gasteiger partial charge in [-0.15, -0.1) is 11.3 Å². The molecule has 0 saturated heterocycles. The molecule has 0 bridgehead atoms. The second-order valence-corrected chi connectivity index (χ2v) is 6.21. The zero-order chi connectivity index (χ0) is 15.6. The first kappa shape index (κ1) is 13.8. The fraction of sp³-hybridized carbons (Fsp3) is 0.0588. The maximum Gasteiger partial charge on any atom is 0.165 e. The summed E-state index contributed by atoms with van der Waals surface area (Å²) in [4.78, 5) is 5.75. The molecule has 3 N–H and O–H groups in total. The summed E-state index contributed by atoms with van der Waals surface area (Å²) in [6.45, 7) is 0.768. The predicted octanol–water partition coefficient (Wildman–Crippen LogP) is 3.65. The zero-order valence-corrected chi connectivity index (χ0v) is 13.1. The molecule has 0 aliphatic heterocycles. The molecule has 0 aliphatic rings. The number of benzene rings is 1. The molecule has 3 heterocycles. The Labute approximate surface area is 137 Å². The fourth-order valence-electron chi connectivity index (χ4n) is 2.53. The molecule has 0 aliphatic carbocycles. The van der Waals surface area contributed by atoms with Crippen LogP contribution in [0.25, 0.3) is 16.8 Å². The summed E-state index contributed by atoms with van der Waals surface area (Å²) in [7, 11) is 0. The van der Waals surface area contributed by atoms with Gasteiger partial charge in [0.1, 0.15) is 5.82 Å². The highest BCUT2D eigenvalue weighted by atomic mass is 32.1. The Hall–Kier alpha value is -2.86. The van der Waals surface area contributed by atoms with Crippen LogP contribution in [0.2, 0.25) is 0 Å². The van der Waals surface area contributed by atoms with Crippen LogP contribution < -0.4 is 11.1 Å². The molecule has 0 radical (unpaired) electrons. The normalized spacial score (nSPS) is 11.0. The Bertz CT molecular complexity index is 943. The largest absolute Gasteiger partial charge is 0.399 e. The van der Waals surface area contributed by atoms with Crippen molar-refractivity contribution in [2.45, 2.75) is 6.54 Å². The summed E-state index contributed by atoms with van der Waals surface area (Å²) in [5.74, 6) is 0.915. The van der Waals surface area contributed by atoms with Crippen LogP contribution in [0.5, 0.6) is 0 Å². The van der Waals surface area contributed by atoms with Crippen LogP contribution in [0.4, 0.5) is 11.5 Å². The third-order valence-electron chi connectivity index (χ3n) is 3.62. The third-order valence-corrected chi connectivity index (χ3v) is 4.50. The molecule has 23 heavy (non-hydrogen) atoms. The van der Waals surface area contributed by atoms with Gasteiger partial charge in [0.25, 0.3) is 0 Å². The molecule has 3 aromatic heterocycles. The van der Waals surface area contributed by atoms with Gasteiger partial charge in [-0.3, -0.25) is 0 Å². The number of nitrogens with zero attached hydrogens (tertiary/aromatic N) is 3. The molecule has 4 rings (SSSR count). The summed E-state index contributed by atoms with van der Waals surface area (Å²) >= 11 is 1.73. The monoisotopic (exact) mass is 321 g/mol. The second kappa shape index (κ2) is 5.73. The molecule has 4 aromatic rings. The lowest BCUT2D eigenvalue weighted by molar-refractivity contribution is 0.928. The molecule has 0 atom stereocenters. The van der Waals surface area contributed by atoms with E-state index in [2.05, 4.69) is 32.9 Å². The maximum absolute atomic E-state index is 5.88. The number of aromatic nitrogens is 3. The minimum Gasteiger partial charge on any atom is -0.399 e. The van der Waals surface area contributed by atoms with Crippen LogP contribution in [0.15, 0.2) is 60.2 Å². The summed E-state index contributed by atoms with van der Waals surface area (Å²) < 4.78 is 1.83. The van der Waals surface area contributed by atoms with E-state index in [1.807, 2.05) is 41.0 Å². The van der Waals surface area contributed by atoms with Gasteiger partial charge in [0.05, 0.1) is 12.7 Å². The molecule has 1 aromatic carbocycles. The Kier molecular flexibility index (Phi) is 3.44. The van der Waals surface area contributed by atoms with E-state index in [0.29, 0.717) is 0 Å². The van der Waals surface area contributed by atoms with Crippen LogP contribution in [0.1, 0.15) is 4.88 Å². The average molecular weight is 321 g/mol. The first-order valence-corrected chi connectivity index (χ1v) is 8.14. The lowest BCUT2D eigenvalue weighted by Crippen LogP contribution is -2.04. The van der Waals surface area contributed by atoms with Crippen molar-refractivity contribution in [1.29, 1.82) is 0 Å². The summed E-state index contributed by atoms with van der Waals surface area (Å²) in [6.07, 6.45) is 3.62. The maximum atomic E-state index is 5.88. The number of nitrogens with two attached hydrogens (primary N) is 1. The van der Waals surface area contributed by atoms with Crippen molar-refractivity contribution < 1.29 is 0 Å². The van der Waals surface area contributed by atoms with E-state index in [0.717, 1.165) is 34.8 Å². The first-order chi connectivity index (χ1) is 11.3. The van der Waals surface area contributed by atoms with Gasteiger partial charge in [0.15, 0.2) is 5.65 Å². The van der Waals surface area contributed by atoms with Gasteiger partial charge in [-0.2, -0.15) is 9.61 Å². The fourth-order valence-corrected chi connectivity index (χ4v) is 3.17. The van der Waals surface area contributed by atoms with E-state index in [-0.39, 0.29) is 0 Å². The van der Waals surface area contributed by atoms with Crippen molar-refractivity contribution in [3.8, 4) is 11.1 Å². The molecular weight excluding hydrogens is 306 g/mol. The van der Waals surface area contributed by atoms with Crippen molar-refractivity contribution in [1.82, 2.24) is 14.6 Å². The van der Waals surface area contributed by atoms with E-state index in [9.17, 15) is 0 Å². The lowest BCUT2D eigenvalue weighted by Gasteiger charge is -2.07. The quantitative estimate of drug-likeness (QED) is 0.563. The molecule has 0 fully saturated rings. The highest BCUT2D eigenvalue weighted by Crippen LogP contribution is 2.26. The van der Waals surface area contributed by atoms with E-state index in [1.165, 1.54) is 4.88 Å². The predicted molar refractivity (Wildman–Crippen MR) is 94.5 cm³/mol. The van der Waals surface area contributed by atoms with Crippen molar-refractivity contribution in [2.24, 2.45) is 0 Å². The Morgan fingerprint density at radius 3 is 2.96 bits per heavy atom. The lowest BCUT2D eigenvalue weighted by atomic mass is 10.1. The molecular formula is C17H15N5S. The summed E-state index contributed by atoms with van der Waals surface area (Å²) in [5, 5.41) is 9.97. The average Bonchev–Trinajstić information content (AvgIpc) is 3.22. The number of hydrogen-bond donors (Lipinski definition) is 2. The van der Waals surface area contributed by atoms with Crippen LogP contribution in [-0.4, -0.2) is 14.6 Å². The van der Waals surface area contributed by atoms with Crippen LogP contribution in [0, 0.1) is 0 Å². The van der Waals surface area contributed by atoms with Crippen LogP contribution in [0.3, 0.4) is 0 Å². The molecule has 6 heteroatoms. The van der Waals surface area contributed by atoms with Crippen molar-refractivity contribution >= 4 is 28.5 Å². The molecule has 0 amide bonds. The van der Waals surface area contributed by atoms with Gasteiger partial charge in [0, 0.05) is 22.3 Å². The van der Waals surface area contributed by atoms with Gasteiger partial charge >= 0.3 is 0 Å². The first-order valence-electron chi connectivity index (χ1n) is 7.26. The minimum absolute atomic E-state index is 0.730. The minimum atomic E-state index is 0.730. The van der Waals surface area contributed by atoms with Crippen molar-refractivity contribution in [3.63, 3.8) is 0 Å². The van der Waals surface area contributed by atoms with Gasteiger partial charge in [0.2, 0.25) is 0 Å². The SMILES string of the molecule is Nc1cccc(-c2cnn3c(NCc4cccs4)ccnc23)c1. The Balaban J connectivity index is 1.71.